The topological polar surface area (TPSA) is 51.7 Å². The molecule has 5 heteroatoms. The third-order valence-corrected chi connectivity index (χ3v) is 4.40. The van der Waals surface area contributed by atoms with Gasteiger partial charge >= 0.3 is 6.09 Å². The largest absolute Gasteiger partial charge is 0.497 e. The van der Waals surface area contributed by atoms with E-state index < -0.39 is 0 Å². The van der Waals surface area contributed by atoms with E-state index >= 15 is 0 Å². The molecule has 0 bridgehead atoms. The van der Waals surface area contributed by atoms with Crippen molar-refractivity contribution in [1.82, 2.24) is 9.88 Å². The summed E-state index contributed by atoms with van der Waals surface area (Å²) >= 11 is 0. The first kappa shape index (κ1) is 15.4. The van der Waals surface area contributed by atoms with Crippen molar-refractivity contribution >= 4 is 17.0 Å². The van der Waals surface area contributed by atoms with Crippen LogP contribution in [0.15, 0.2) is 54.6 Å². The maximum absolute atomic E-state index is 12.3. The van der Waals surface area contributed by atoms with Crippen LogP contribution in [0.3, 0.4) is 0 Å². The molecule has 0 radical (unpaired) electrons. The van der Waals surface area contributed by atoms with Gasteiger partial charge in [-0.25, -0.2) is 9.78 Å². The first-order chi connectivity index (χ1) is 12.2. The minimum atomic E-state index is -0.344. The molecule has 1 amide bonds. The predicted octanol–water partition coefficient (Wildman–Crippen LogP) is 3.80. The van der Waals surface area contributed by atoms with E-state index in [0.29, 0.717) is 19.0 Å². The van der Waals surface area contributed by atoms with Gasteiger partial charge in [-0.15, -0.1) is 0 Å². The lowest BCUT2D eigenvalue weighted by Crippen LogP contribution is -2.38. The van der Waals surface area contributed by atoms with Crippen molar-refractivity contribution in [3.8, 4) is 11.6 Å². The molecule has 2 aromatic carbocycles. The van der Waals surface area contributed by atoms with Crippen LogP contribution in [-0.4, -0.2) is 29.6 Å². The highest BCUT2D eigenvalue weighted by Crippen LogP contribution is 2.27. The fourth-order valence-electron chi connectivity index (χ4n) is 2.99. The van der Waals surface area contributed by atoms with Crippen LogP contribution in [0.1, 0.15) is 11.1 Å². The Kier molecular flexibility index (Phi) is 3.98. The number of para-hydroxylation sites is 1. The third-order valence-electron chi connectivity index (χ3n) is 4.40. The summed E-state index contributed by atoms with van der Waals surface area (Å²) < 4.78 is 10.6. The molecule has 0 saturated carbocycles. The Labute approximate surface area is 145 Å². The summed E-state index contributed by atoms with van der Waals surface area (Å²) in [4.78, 5) is 18.4. The minimum Gasteiger partial charge on any atom is -0.497 e. The first-order valence-corrected chi connectivity index (χ1v) is 8.21. The molecule has 5 nitrogen and oxygen atoms in total. The summed E-state index contributed by atoms with van der Waals surface area (Å²) in [6.45, 7) is 1.11. The summed E-state index contributed by atoms with van der Waals surface area (Å²) in [7, 11) is 1.65. The van der Waals surface area contributed by atoms with Crippen molar-refractivity contribution in [3.63, 3.8) is 0 Å². The minimum absolute atomic E-state index is 0.344. The molecule has 0 atom stereocenters. The van der Waals surface area contributed by atoms with Gasteiger partial charge in [0.05, 0.1) is 19.2 Å². The Morgan fingerprint density at radius 3 is 2.76 bits per heavy atom. The highest BCUT2D eigenvalue weighted by atomic mass is 16.6. The van der Waals surface area contributed by atoms with Crippen molar-refractivity contribution in [1.29, 1.82) is 0 Å². The molecular formula is C20H18N2O3. The maximum Gasteiger partial charge on any atom is 0.416 e. The van der Waals surface area contributed by atoms with Crippen molar-refractivity contribution < 1.29 is 14.3 Å². The fourth-order valence-corrected chi connectivity index (χ4v) is 2.99. The van der Waals surface area contributed by atoms with Crippen LogP contribution in [0.25, 0.3) is 10.9 Å². The van der Waals surface area contributed by atoms with Crippen LogP contribution in [0.5, 0.6) is 11.6 Å². The molecule has 25 heavy (non-hydrogen) atoms. The van der Waals surface area contributed by atoms with E-state index in [1.807, 2.05) is 54.6 Å². The second kappa shape index (κ2) is 6.43. The molecule has 0 unspecified atom stereocenters. The average molecular weight is 334 g/mol. The number of carbonyl (C=O) groups excluding carboxylic acids is 1. The molecular weight excluding hydrogens is 316 g/mol. The van der Waals surface area contributed by atoms with E-state index in [-0.39, 0.29) is 6.09 Å². The number of methoxy groups -OCH3 is 1. The highest BCUT2D eigenvalue weighted by Gasteiger charge is 2.26. The van der Waals surface area contributed by atoms with Gasteiger partial charge < -0.3 is 14.4 Å². The highest BCUT2D eigenvalue weighted by molar-refractivity contribution is 5.82. The van der Waals surface area contributed by atoms with Gasteiger partial charge in [0.2, 0.25) is 5.88 Å². The number of pyridine rings is 1. The normalized spacial score (nSPS) is 13.5. The summed E-state index contributed by atoms with van der Waals surface area (Å²) in [5, 5.41) is 1.05. The number of nitrogens with zero attached hydrogens (tertiary/aromatic N) is 2. The Balaban J connectivity index is 1.50. The Morgan fingerprint density at radius 2 is 1.96 bits per heavy atom. The molecule has 4 rings (SSSR count). The summed E-state index contributed by atoms with van der Waals surface area (Å²) in [5.41, 5.74) is 2.92. The van der Waals surface area contributed by atoms with Crippen LogP contribution in [0.2, 0.25) is 0 Å². The zero-order valence-corrected chi connectivity index (χ0v) is 13.9. The summed E-state index contributed by atoms with van der Waals surface area (Å²) in [6, 6.07) is 17.8. The van der Waals surface area contributed by atoms with Crippen LogP contribution in [-0.2, 0) is 13.0 Å². The van der Waals surface area contributed by atoms with Gasteiger partial charge in [0, 0.05) is 17.5 Å². The van der Waals surface area contributed by atoms with Crippen LogP contribution in [0.4, 0.5) is 4.79 Å². The zero-order chi connectivity index (χ0) is 17.2. The molecule has 0 fully saturated rings. The number of rotatable bonds is 4. The van der Waals surface area contributed by atoms with E-state index in [4.69, 9.17) is 9.47 Å². The van der Waals surface area contributed by atoms with E-state index in [1.165, 1.54) is 0 Å². The second-order valence-electron chi connectivity index (χ2n) is 6.03. The molecule has 0 spiro atoms. The smallest absolute Gasteiger partial charge is 0.416 e. The maximum atomic E-state index is 12.3. The molecule has 0 aliphatic carbocycles. The molecule has 1 aliphatic heterocycles. The Hall–Kier alpha value is -3.08. The number of ether oxygens (including phenoxy) is 2. The molecule has 0 N–H and O–H groups in total. The van der Waals surface area contributed by atoms with Gasteiger partial charge in [0.15, 0.2) is 0 Å². The van der Waals surface area contributed by atoms with E-state index in [0.717, 1.165) is 34.2 Å². The van der Waals surface area contributed by atoms with Gasteiger partial charge in [0.1, 0.15) is 5.75 Å². The zero-order valence-electron chi connectivity index (χ0n) is 13.9. The molecule has 0 saturated heterocycles. The van der Waals surface area contributed by atoms with Crippen molar-refractivity contribution in [2.75, 3.05) is 13.7 Å². The standard InChI is InChI=1S/C20H18N2O3/c1-24-17-8-6-14(7-9-17)10-11-22-13-16-12-15-4-2-3-5-18(15)21-19(16)25-20(22)23/h2-9,12H,10-11,13H2,1H3. The first-order valence-electron chi connectivity index (χ1n) is 8.21. The van der Waals surface area contributed by atoms with Gasteiger partial charge in [-0.2, -0.15) is 0 Å². The lowest BCUT2D eigenvalue weighted by molar-refractivity contribution is 0.137. The van der Waals surface area contributed by atoms with E-state index in [1.54, 1.807) is 12.0 Å². The van der Waals surface area contributed by atoms with Gasteiger partial charge in [0.25, 0.3) is 0 Å². The number of benzene rings is 2. The van der Waals surface area contributed by atoms with Crippen molar-refractivity contribution in [2.24, 2.45) is 0 Å². The third kappa shape index (κ3) is 3.13. The number of amides is 1. The SMILES string of the molecule is COc1ccc(CCN2Cc3cc4ccccc4nc3OC2=O)cc1. The molecule has 1 aromatic heterocycles. The van der Waals surface area contributed by atoms with Gasteiger partial charge in [-0.1, -0.05) is 30.3 Å². The number of carbonyl (C=O) groups is 1. The number of fused-ring (bicyclic) bond motifs is 2. The molecule has 2 heterocycles. The van der Waals surface area contributed by atoms with E-state index in [9.17, 15) is 4.79 Å². The lowest BCUT2D eigenvalue weighted by Gasteiger charge is -2.27. The monoisotopic (exact) mass is 334 g/mol. The van der Waals surface area contributed by atoms with Crippen molar-refractivity contribution in [2.45, 2.75) is 13.0 Å². The Bertz CT molecular complexity index is 922. The van der Waals surface area contributed by atoms with Crippen LogP contribution >= 0.6 is 0 Å². The predicted molar refractivity (Wildman–Crippen MR) is 94.9 cm³/mol. The number of hydrogen-bond acceptors (Lipinski definition) is 4. The lowest BCUT2D eigenvalue weighted by atomic mass is 10.1. The fraction of sp³-hybridized carbons (Fsp3) is 0.200. The molecule has 1 aliphatic rings. The summed E-state index contributed by atoms with van der Waals surface area (Å²) in [6.07, 6.45) is 0.416. The number of hydrogen-bond donors (Lipinski definition) is 0. The van der Waals surface area contributed by atoms with Gasteiger partial charge in [-0.3, -0.25) is 0 Å². The van der Waals surface area contributed by atoms with Crippen molar-refractivity contribution in [3.05, 3.63) is 65.7 Å². The van der Waals surface area contributed by atoms with E-state index in [2.05, 4.69) is 4.98 Å². The van der Waals surface area contributed by atoms with Gasteiger partial charge in [-0.05, 0) is 36.2 Å². The Morgan fingerprint density at radius 1 is 1.16 bits per heavy atom. The second-order valence-corrected chi connectivity index (χ2v) is 6.03. The summed E-state index contributed by atoms with van der Waals surface area (Å²) in [5.74, 6) is 1.25. The average Bonchev–Trinajstić information content (AvgIpc) is 2.65. The molecule has 126 valence electrons. The number of aromatic nitrogens is 1. The quantitative estimate of drug-likeness (QED) is 0.728. The van der Waals surface area contributed by atoms with Crippen LogP contribution in [0, 0.1) is 0 Å². The molecule has 3 aromatic rings. The van der Waals surface area contributed by atoms with Crippen LogP contribution < -0.4 is 9.47 Å².